The Bertz CT molecular complexity index is 949. The van der Waals surface area contributed by atoms with E-state index in [-0.39, 0.29) is 43.2 Å². The smallest absolute Gasteiger partial charge is 0.229 e. The van der Waals surface area contributed by atoms with E-state index in [0.717, 1.165) is 43.6 Å². The standard InChI is InChI=1S/C32H52N2O5/c1-19-7-12-32(38-18-19)20(2)29-26(39-32)16-25-23-6-5-21-15-22(34-28(37)17-27(36)33-13-14-35)8-10-30(21,3)24(23)9-11-31(25,29)4/h19-26,29,35H,5-18H2,1-4H3,(H,33,36)(H,34,37)/t19-,20-,21+,22?,23?,24?,25?,26?,29?,30-,31-,32+/m0/s1. The van der Waals surface area contributed by atoms with Crippen molar-refractivity contribution >= 4 is 11.8 Å². The molecular weight excluding hydrogens is 492 g/mol. The third-order valence-electron chi connectivity index (χ3n) is 13.1. The molecule has 4 saturated carbocycles. The second-order valence-corrected chi connectivity index (χ2v) is 15.0. The van der Waals surface area contributed by atoms with Crippen LogP contribution >= 0.6 is 0 Å². The van der Waals surface area contributed by atoms with Crippen LogP contribution in [-0.4, -0.2) is 54.6 Å². The maximum Gasteiger partial charge on any atom is 0.229 e. The average molecular weight is 545 g/mol. The molecule has 6 rings (SSSR count). The first-order chi connectivity index (χ1) is 18.6. The van der Waals surface area contributed by atoms with Crippen LogP contribution in [0, 0.1) is 52.3 Å². The molecule has 220 valence electrons. The van der Waals surface area contributed by atoms with Crippen LogP contribution in [0.2, 0.25) is 0 Å². The van der Waals surface area contributed by atoms with Gasteiger partial charge in [0.05, 0.1) is 19.3 Å². The third-order valence-corrected chi connectivity index (χ3v) is 13.1. The van der Waals surface area contributed by atoms with Gasteiger partial charge in [0.15, 0.2) is 5.79 Å². The highest BCUT2D eigenvalue weighted by molar-refractivity contribution is 5.96. The number of fused-ring (bicyclic) bond motifs is 7. The fourth-order valence-electron chi connectivity index (χ4n) is 11.1. The number of ether oxygens (including phenoxy) is 2. The summed E-state index contributed by atoms with van der Waals surface area (Å²) in [6.07, 6.45) is 12.1. The van der Waals surface area contributed by atoms with Gasteiger partial charge in [0.2, 0.25) is 11.8 Å². The van der Waals surface area contributed by atoms with Crippen molar-refractivity contribution in [1.82, 2.24) is 10.6 Å². The number of hydrogen-bond donors (Lipinski definition) is 3. The van der Waals surface area contributed by atoms with Gasteiger partial charge in [-0.2, -0.15) is 0 Å². The molecule has 39 heavy (non-hydrogen) atoms. The lowest BCUT2D eigenvalue weighted by Gasteiger charge is -2.61. The second-order valence-electron chi connectivity index (χ2n) is 15.0. The van der Waals surface area contributed by atoms with Crippen LogP contribution in [0.4, 0.5) is 0 Å². The summed E-state index contributed by atoms with van der Waals surface area (Å²) in [5, 5.41) is 14.6. The van der Waals surface area contributed by atoms with Crippen molar-refractivity contribution in [3.05, 3.63) is 0 Å². The monoisotopic (exact) mass is 544 g/mol. The van der Waals surface area contributed by atoms with Crippen molar-refractivity contribution in [2.24, 2.45) is 52.3 Å². The Hall–Kier alpha value is -1.18. The number of rotatable bonds is 5. The van der Waals surface area contributed by atoms with Crippen molar-refractivity contribution in [1.29, 1.82) is 0 Å². The number of aliphatic hydroxyl groups excluding tert-OH is 1. The van der Waals surface area contributed by atoms with Gasteiger partial charge < -0.3 is 25.2 Å². The van der Waals surface area contributed by atoms with E-state index in [1.54, 1.807) is 0 Å². The van der Waals surface area contributed by atoms with E-state index in [9.17, 15) is 9.59 Å². The van der Waals surface area contributed by atoms with Gasteiger partial charge in [0, 0.05) is 24.9 Å². The van der Waals surface area contributed by atoms with Crippen molar-refractivity contribution in [2.45, 2.75) is 116 Å². The Balaban J connectivity index is 1.10. The van der Waals surface area contributed by atoms with Gasteiger partial charge in [-0.1, -0.05) is 27.7 Å². The molecule has 2 aliphatic heterocycles. The zero-order valence-electron chi connectivity index (χ0n) is 24.7. The first kappa shape index (κ1) is 28.0. The molecule has 2 saturated heterocycles. The minimum Gasteiger partial charge on any atom is -0.395 e. The molecule has 2 amide bonds. The molecule has 7 heteroatoms. The molecule has 1 spiro atoms. The lowest BCUT2D eigenvalue weighted by Crippen LogP contribution is -2.56. The molecule has 4 aliphatic carbocycles. The van der Waals surface area contributed by atoms with Crippen molar-refractivity contribution < 1.29 is 24.2 Å². The van der Waals surface area contributed by atoms with Gasteiger partial charge >= 0.3 is 0 Å². The molecular formula is C32H52N2O5. The molecule has 6 fully saturated rings. The van der Waals surface area contributed by atoms with E-state index < -0.39 is 0 Å². The lowest BCUT2D eigenvalue weighted by atomic mass is 9.44. The van der Waals surface area contributed by atoms with E-state index in [1.165, 1.54) is 44.9 Å². The van der Waals surface area contributed by atoms with Crippen LogP contribution in [0.25, 0.3) is 0 Å². The summed E-state index contributed by atoms with van der Waals surface area (Å²) < 4.78 is 13.4. The number of carbonyl (C=O) groups excluding carboxylic acids is 2. The highest BCUT2D eigenvalue weighted by Crippen LogP contribution is 2.71. The molecule has 0 bridgehead atoms. The maximum atomic E-state index is 12.5. The highest BCUT2D eigenvalue weighted by Gasteiger charge is 2.69. The molecule has 7 nitrogen and oxygen atoms in total. The molecule has 0 aromatic rings. The number of aliphatic hydroxyl groups is 1. The van der Waals surface area contributed by atoms with E-state index in [4.69, 9.17) is 14.6 Å². The second kappa shape index (κ2) is 10.3. The SMILES string of the molecule is C[C@H]1CC[C@@]2(OC1)OC1CC3C4CC[C@@H]5CC(NC(=O)CC(=O)NCCO)CC[C@]5(C)C4CC[C@]3(C)C1[C@@H]2C. The van der Waals surface area contributed by atoms with Crippen molar-refractivity contribution in [3.8, 4) is 0 Å². The van der Waals surface area contributed by atoms with Gasteiger partial charge in [-0.3, -0.25) is 9.59 Å². The average Bonchev–Trinajstić information content (AvgIpc) is 3.34. The molecule has 0 radical (unpaired) electrons. The Labute approximate surface area is 234 Å². The van der Waals surface area contributed by atoms with E-state index in [1.807, 2.05) is 0 Å². The van der Waals surface area contributed by atoms with Crippen molar-refractivity contribution in [3.63, 3.8) is 0 Å². The predicted molar refractivity (Wildman–Crippen MR) is 148 cm³/mol. The van der Waals surface area contributed by atoms with Gasteiger partial charge in [0.25, 0.3) is 0 Å². The van der Waals surface area contributed by atoms with E-state index in [0.29, 0.717) is 40.6 Å². The largest absolute Gasteiger partial charge is 0.395 e. The number of amides is 2. The summed E-state index contributed by atoms with van der Waals surface area (Å²) in [5.41, 5.74) is 0.699. The van der Waals surface area contributed by atoms with E-state index in [2.05, 4.69) is 38.3 Å². The highest BCUT2D eigenvalue weighted by atomic mass is 16.7. The first-order valence-corrected chi connectivity index (χ1v) is 16.1. The maximum absolute atomic E-state index is 12.5. The first-order valence-electron chi connectivity index (χ1n) is 16.1. The molecule has 3 N–H and O–H groups in total. The summed E-state index contributed by atoms with van der Waals surface area (Å²) >= 11 is 0. The summed E-state index contributed by atoms with van der Waals surface area (Å²) in [6.45, 7) is 10.8. The van der Waals surface area contributed by atoms with Gasteiger partial charge in [-0.05, 0) is 104 Å². The van der Waals surface area contributed by atoms with Crippen LogP contribution in [0.3, 0.4) is 0 Å². The predicted octanol–water partition coefficient (Wildman–Crippen LogP) is 4.42. The fourth-order valence-corrected chi connectivity index (χ4v) is 11.1. The zero-order valence-corrected chi connectivity index (χ0v) is 24.7. The van der Waals surface area contributed by atoms with Gasteiger partial charge in [-0.15, -0.1) is 0 Å². The topological polar surface area (TPSA) is 96.9 Å². The summed E-state index contributed by atoms with van der Waals surface area (Å²) in [6, 6.07) is 0.168. The Kier molecular flexibility index (Phi) is 7.36. The number of hydrogen-bond acceptors (Lipinski definition) is 5. The third kappa shape index (κ3) is 4.57. The number of nitrogens with one attached hydrogen (secondary N) is 2. The quantitative estimate of drug-likeness (QED) is 0.446. The molecule has 12 atom stereocenters. The lowest BCUT2D eigenvalue weighted by molar-refractivity contribution is -0.273. The molecule has 6 aliphatic rings. The molecule has 0 aromatic heterocycles. The Morgan fingerprint density at radius 3 is 2.46 bits per heavy atom. The normalized spacial score (nSPS) is 50.4. The summed E-state index contributed by atoms with van der Waals surface area (Å²) in [7, 11) is 0. The fraction of sp³-hybridized carbons (Fsp3) is 0.938. The minimum absolute atomic E-state index is 0.111. The molecule has 0 aromatic carbocycles. The zero-order chi connectivity index (χ0) is 27.6. The summed E-state index contributed by atoms with van der Waals surface area (Å²) in [5.74, 6) is 3.83. The minimum atomic E-state index is -0.335. The Morgan fingerprint density at radius 1 is 0.923 bits per heavy atom. The van der Waals surface area contributed by atoms with Crippen LogP contribution in [0.5, 0.6) is 0 Å². The molecule has 2 heterocycles. The van der Waals surface area contributed by atoms with Crippen LogP contribution in [0.1, 0.15) is 98.3 Å². The van der Waals surface area contributed by atoms with Crippen LogP contribution < -0.4 is 10.6 Å². The van der Waals surface area contributed by atoms with Crippen LogP contribution in [0.15, 0.2) is 0 Å². The Morgan fingerprint density at radius 2 is 1.72 bits per heavy atom. The van der Waals surface area contributed by atoms with Crippen LogP contribution in [-0.2, 0) is 19.1 Å². The number of carbonyl (C=O) groups is 2. The van der Waals surface area contributed by atoms with Crippen molar-refractivity contribution in [2.75, 3.05) is 19.8 Å². The van der Waals surface area contributed by atoms with E-state index >= 15 is 0 Å². The van der Waals surface area contributed by atoms with Gasteiger partial charge in [-0.25, -0.2) is 0 Å². The van der Waals surface area contributed by atoms with Gasteiger partial charge in [0.1, 0.15) is 6.42 Å². The summed E-state index contributed by atoms with van der Waals surface area (Å²) in [4.78, 5) is 24.4. The molecule has 6 unspecified atom stereocenters.